The maximum absolute atomic E-state index is 12.1. The molecule has 0 aliphatic heterocycles. The second kappa shape index (κ2) is 7.59. The lowest BCUT2D eigenvalue weighted by Gasteiger charge is -2.13. The van der Waals surface area contributed by atoms with E-state index < -0.39 is 0 Å². The van der Waals surface area contributed by atoms with Crippen LogP contribution < -0.4 is 11.1 Å². The van der Waals surface area contributed by atoms with Crippen molar-refractivity contribution >= 4 is 33.4 Å². The number of carbonyl (C=O) groups excluding carboxylic acids is 1. The van der Waals surface area contributed by atoms with Crippen LogP contribution in [-0.2, 0) is 0 Å². The van der Waals surface area contributed by atoms with Gasteiger partial charge in [0.1, 0.15) is 0 Å². The summed E-state index contributed by atoms with van der Waals surface area (Å²) in [6, 6.07) is 14.9. The van der Waals surface area contributed by atoms with Crippen LogP contribution in [0.25, 0.3) is 0 Å². The summed E-state index contributed by atoms with van der Waals surface area (Å²) in [5.41, 5.74) is 7.61. The molecule has 0 saturated heterocycles. The van der Waals surface area contributed by atoms with Crippen LogP contribution in [0.4, 0.5) is 0 Å². The maximum atomic E-state index is 12.1. The third-order valence-electron chi connectivity index (χ3n) is 3.14. The van der Waals surface area contributed by atoms with Gasteiger partial charge in [0.15, 0.2) is 0 Å². The van der Waals surface area contributed by atoms with E-state index >= 15 is 0 Å². The highest BCUT2D eigenvalue weighted by molar-refractivity contribution is 9.10. The standard InChI is InChI=1S/C16H16BrClN2O/c17-12-6-7-14(18)13(10-12)16(21)20-9-8-15(19)11-4-2-1-3-5-11/h1-7,10,15H,8-9,19H2,(H,20,21). The highest BCUT2D eigenvalue weighted by Crippen LogP contribution is 2.21. The van der Waals surface area contributed by atoms with Crippen LogP contribution in [0.1, 0.15) is 28.4 Å². The lowest BCUT2D eigenvalue weighted by atomic mass is 10.1. The first kappa shape index (κ1) is 16.0. The Labute approximate surface area is 137 Å². The minimum Gasteiger partial charge on any atom is -0.352 e. The molecule has 0 heterocycles. The first-order valence-electron chi connectivity index (χ1n) is 6.61. The molecular weight excluding hydrogens is 352 g/mol. The minimum atomic E-state index is -0.193. The fraction of sp³-hybridized carbons (Fsp3) is 0.188. The van der Waals surface area contributed by atoms with Crippen molar-refractivity contribution in [3.63, 3.8) is 0 Å². The summed E-state index contributed by atoms with van der Waals surface area (Å²) in [7, 11) is 0. The van der Waals surface area contributed by atoms with E-state index in [0.717, 1.165) is 10.0 Å². The van der Waals surface area contributed by atoms with Gasteiger partial charge in [-0.05, 0) is 30.2 Å². The molecule has 0 bridgehead atoms. The Hall–Kier alpha value is -1.36. The molecule has 0 aliphatic carbocycles. The number of nitrogens with one attached hydrogen (secondary N) is 1. The van der Waals surface area contributed by atoms with E-state index in [0.29, 0.717) is 23.6 Å². The predicted molar refractivity (Wildman–Crippen MR) is 89.5 cm³/mol. The number of hydrogen-bond acceptors (Lipinski definition) is 2. The molecule has 0 saturated carbocycles. The Balaban J connectivity index is 1.88. The quantitative estimate of drug-likeness (QED) is 0.841. The summed E-state index contributed by atoms with van der Waals surface area (Å²) in [5.74, 6) is -0.193. The second-order valence-corrected chi connectivity index (χ2v) is 6.01. The van der Waals surface area contributed by atoms with E-state index in [9.17, 15) is 4.79 Å². The Morgan fingerprint density at radius 3 is 2.67 bits per heavy atom. The summed E-state index contributed by atoms with van der Waals surface area (Å²) in [6.07, 6.45) is 0.668. The van der Waals surface area contributed by atoms with Crippen molar-refractivity contribution in [1.29, 1.82) is 0 Å². The van der Waals surface area contributed by atoms with Gasteiger partial charge in [0, 0.05) is 17.1 Å². The van der Waals surface area contributed by atoms with E-state index in [2.05, 4.69) is 21.2 Å². The largest absolute Gasteiger partial charge is 0.352 e. The zero-order chi connectivity index (χ0) is 15.2. The summed E-state index contributed by atoms with van der Waals surface area (Å²) in [5, 5.41) is 3.28. The summed E-state index contributed by atoms with van der Waals surface area (Å²) < 4.78 is 0.818. The van der Waals surface area contributed by atoms with Crippen LogP contribution in [0.3, 0.4) is 0 Å². The van der Waals surface area contributed by atoms with E-state index in [4.69, 9.17) is 17.3 Å². The lowest BCUT2D eigenvalue weighted by Crippen LogP contribution is -2.27. The molecule has 3 nitrogen and oxygen atoms in total. The monoisotopic (exact) mass is 366 g/mol. The zero-order valence-corrected chi connectivity index (χ0v) is 13.7. The molecule has 2 aromatic rings. The molecule has 5 heteroatoms. The van der Waals surface area contributed by atoms with Crippen molar-refractivity contribution in [3.8, 4) is 0 Å². The van der Waals surface area contributed by atoms with Gasteiger partial charge in [0.05, 0.1) is 10.6 Å². The van der Waals surface area contributed by atoms with Crippen LogP contribution in [-0.4, -0.2) is 12.5 Å². The van der Waals surface area contributed by atoms with Gasteiger partial charge < -0.3 is 11.1 Å². The molecule has 0 aromatic heterocycles. The van der Waals surface area contributed by atoms with E-state index in [-0.39, 0.29) is 11.9 Å². The van der Waals surface area contributed by atoms with Crippen molar-refractivity contribution in [3.05, 3.63) is 69.2 Å². The molecule has 110 valence electrons. The molecule has 2 aromatic carbocycles. The fourth-order valence-electron chi connectivity index (χ4n) is 1.97. The lowest BCUT2D eigenvalue weighted by molar-refractivity contribution is 0.0952. The molecule has 0 fully saturated rings. The number of rotatable bonds is 5. The van der Waals surface area contributed by atoms with Crippen molar-refractivity contribution < 1.29 is 4.79 Å². The molecule has 1 amide bonds. The van der Waals surface area contributed by atoms with Crippen molar-refractivity contribution in [2.75, 3.05) is 6.54 Å². The maximum Gasteiger partial charge on any atom is 0.252 e. The number of amides is 1. The molecule has 0 aliphatic rings. The first-order valence-corrected chi connectivity index (χ1v) is 7.79. The van der Waals surface area contributed by atoms with Crippen molar-refractivity contribution in [2.45, 2.75) is 12.5 Å². The smallest absolute Gasteiger partial charge is 0.252 e. The number of hydrogen-bond donors (Lipinski definition) is 2. The second-order valence-electron chi connectivity index (χ2n) is 4.69. The van der Waals surface area contributed by atoms with Gasteiger partial charge in [-0.25, -0.2) is 0 Å². The molecule has 1 atom stereocenters. The first-order chi connectivity index (χ1) is 10.1. The third kappa shape index (κ3) is 4.56. The SMILES string of the molecule is NC(CCNC(=O)c1cc(Br)ccc1Cl)c1ccccc1. The Morgan fingerprint density at radius 1 is 1.24 bits per heavy atom. The Morgan fingerprint density at radius 2 is 1.95 bits per heavy atom. The number of carbonyl (C=O) groups is 1. The highest BCUT2D eigenvalue weighted by Gasteiger charge is 2.11. The Bertz CT molecular complexity index is 619. The van der Waals surface area contributed by atoms with Crippen LogP contribution in [0.5, 0.6) is 0 Å². The summed E-state index contributed by atoms with van der Waals surface area (Å²) >= 11 is 9.35. The van der Waals surface area contributed by atoms with E-state index in [1.54, 1.807) is 18.2 Å². The van der Waals surface area contributed by atoms with Gasteiger partial charge in [0.25, 0.3) is 5.91 Å². The van der Waals surface area contributed by atoms with Crippen LogP contribution in [0.2, 0.25) is 5.02 Å². The van der Waals surface area contributed by atoms with Gasteiger partial charge in [-0.2, -0.15) is 0 Å². The molecule has 0 spiro atoms. The predicted octanol–water partition coefficient (Wildman–Crippen LogP) is 3.92. The minimum absolute atomic E-state index is 0.0931. The third-order valence-corrected chi connectivity index (χ3v) is 3.96. The number of nitrogens with two attached hydrogens (primary N) is 1. The molecule has 2 rings (SSSR count). The van der Waals surface area contributed by atoms with Gasteiger partial charge in [-0.15, -0.1) is 0 Å². The highest BCUT2D eigenvalue weighted by atomic mass is 79.9. The topological polar surface area (TPSA) is 55.1 Å². The van der Waals surface area contributed by atoms with Crippen molar-refractivity contribution in [2.24, 2.45) is 5.73 Å². The Kier molecular flexibility index (Phi) is 5.79. The van der Waals surface area contributed by atoms with Crippen LogP contribution in [0, 0.1) is 0 Å². The molecular formula is C16H16BrClN2O. The van der Waals surface area contributed by atoms with Gasteiger partial charge in [-0.1, -0.05) is 57.9 Å². The average molecular weight is 368 g/mol. The van der Waals surface area contributed by atoms with E-state index in [1.165, 1.54) is 0 Å². The van der Waals surface area contributed by atoms with Crippen molar-refractivity contribution in [1.82, 2.24) is 5.32 Å². The van der Waals surface area contributed by atoms with Gasteiger partial charge in [0.2, 0.25) is 0 Å². The molecule has 3 N–H and O–H groups in total. The zero-order valence-electron chi connectivity index (χ0n) is 11.4. The van der Waals surface area contributed by atoms with Gasteiger partial charge >= 0.3 is 0 Å². The van der Waals surface area contributed by atoms with E-state index in [1.807, 2.05) is 30.3 Å². The van der Waals surface area contributed by atoms with Gasteiger partial charge in [-0.3, -0.25) is 4.79 Å². The van der Waals surface area contributed by atoms with Crippen LogP contribution in [0.15, 0.2) is 53.0 Å². The normalized spacial score (nSPS) is 12.0. The molecule has 0 radical (unpaired) electrons. The number of benzene rings is 2. The summed E-state index contributed by atoms with van der Waals surface area (Å²) in [6.45, 7) is 0.498. The number of halogens is 2. The average Bonchev–Trinajstić information content (AvgIpc) is 2.50. The fourth-order valence-corrected chi connectivity index (χ4v) is 2.54. The van der Waals surface area contributed by atoms with Crippen LogP contribution >= 0.6 is 27.5 Å². The summed E-state index contributed by atoms with van der Waals surface area (Å²) in [4.78, 5) is 12.1. The molecule has 21 heavy (non-hydrogen) atoms. The molecule has 1 unspecified atom stereocenters.